The first-order valence-corrected chi connectivity index (χ1v) is 6.62. The molecule has 98 valence electrons. The number of carbonyl (C=O) groups excluding carboxylic acids is 1. The summed E-state index contributed by atoms with van der Waals surface area (Å²) in [6, 6.07) is 5.60. The second kappa shape index (κ2) is 5.53. The molecule has 0 amide bonds. The molecule has 19 heavy (non-hydrogen) atoms. The molecule has 3 nitrogen and oxygen atoms in total. The molecule has 4 heteroatoms. The van der Waals surface area contributed by atoms with Gasteiger partial charge in [0.15, 0.2) is 5.78 Å². The predicted octanol–water partition coefficient (Wildman–Crippen LogP) is 3.70. The van der Waals surface area contributed by atoms with E-state index >= 15 is 0 Å². The number of aryl methyl sites for hydroxylation is 2. The van der Waals surface area contributed by atoms with Gasteiger partial charge in [-0.1, -0.05) is 6.07 Å². The number of ketones is 1. The number of hydrogen-bond donors (Lipinski definition) is 0. The van der Waals surface area contributed by atoms with Gasteiger partial charge in [-0.05, 0) is 53.0 Å². The van der Waals surface area contributed by atoms with Crippen molar-refractivity contribution >= 4 is 21.7 Å². The van der Waals surface area contributed by atoms with Gasteiger partial charge in [-0.25, -0.2) is 0 Å². The highest BCUT2D eigenvalue weighted by Crippen LogP contribution is 2.27. The van der Waals surface area contributed by atoms with Crippen LogP contribution in [0.5, 0.6) is 5.75 Å². The van der Waals surface area contributed by atoms with E-state index in [1.54, 1.807) is 25.6 Å². The van der Waals surface area contributed by atoms with Gasteiger partial charge in [0.1, 0.15) is 5.75 Å². The highest BCUT2D eigenvalue weighted by Gasteiger charge is 2.18. The van der Waals surface area contributed by atoms with Crippen molar-refractivity contribution in [3.63, 3.8) is 0 Å². The molecule has 0 atom stereocenters. The van der Waals surface area contributed by atoms with Crippen LogP contribution in [0.2, 0.25) is 0 Å². The molecule has 0 saturated heterocycles. The number of aromatic nitrogens is 1. The Kier molecular flexibility index (Phi) is 4.00. The quantitative estimate of drug-likeness (QED) is 0.810. The predicted molar refractivity (Wildman–Crippen MR) is 77.8 cm³/mol. The lowest BCUT2D eigenvalue weighted by Gasteiger charge is -2.12. The van der Waals surface area contributed by atoms with E-state index in [1.807, 2.05) is 26.0 Å². The smallest absolute Gasteiger partial charge is 0.198 e. The van der Waals surface area contributed by atoms with Crippen LogP contribution in [0, 0.1) is 13.8 Å². The van der Waals surface area contributed by atoms with E-state index in [1.165, 1.54) is 0 Å². The Labute approximate surface area is 120 Å². The Balaban J connectivity index is 2.56. The van der Waals surface area contributed by atoms with E-state index in [9.17, 15) is 4.79 Å². The van der Waals surface area contributed by atoms with Crippen molar-refractivity contribution < 1.29 is 9.53 Å². The summed E-state index contributed by atoms with van der Waals surface area (Å²) in [5.74, 6) is 0.519. The summed E-state index contributed by atoms with van der Waals surface area (Å²) in [6.07, 6.45) is 3.21. The molecule has 0 fully saturated rings. The third kappa shape index (κ3) is 2.84. The number of pyridine rings is 1. The van der Waals surface area contributed by atoms with Gasteiger partial charge in [-0.2, -0.15) is 0 Å². The maximum atomic E-state index is 12.6. The molecule has 1 aromatic heterocycles. The standard InChI is InChI=1S/C15H14BrNO2/c1-9-4-10(2)14(13(5-9)19-3)15(18)11-6-12(16)8-17-7-11/h4-8H,1-3H3. The number of halogens is 1. The van der Waals surface area contributed by atoms with Crippen molar-refractivity contribution in [2.75, 3.05) is 7.11 Å². The molecule has 0 bridgehead atoms. The summed E-state index contributed by atoms with van der Waals surface area (Å²) in [7, 11) is 1.57. The SMILES string of the molecule is COc1cc(C)cc(C)c1C(=O)c1cncc(Br)c1. The van der Waals surface area contributed by atoms with Crippen LogP contribution in [0.1, 0.15) is 27.0 Å². The van der Waals surface area contributed by atoms with E-state index in [0.29, 0.717) is 16.9 Å². The van der Waals surface area contributed by atoms with Crippen molar-refractivity contribution in [3.8, 4) is 5.75 Å². The first-order valence-electron chi connectivity index (χ1n) is 5.83. The van der Waals surface area contributed by atoms with Gasteiger partial charge >= 0.3 is 0 Å². The van der Waals surface area contributed by atoms with Crippen molar-refractivity contribution in [1.29, 1.82) is 0 Å². The summed E-state index contributed by atoms with van der Waals surface area (Å²) in [5, 5.41) is 0. The minimum Gasteiger partial charge on any atom is -0.496 e. The maximum absolute atomic E-state index is 12.6. The van der Waals surface area contributed by atoms with Crippen LogP contribution in [-0.2, 0) is 0 Å². The highest BCUT2D eigenvalue weighted by molar-refractivity contribution is 9.10. The van der Waals surface area contributed by atoms with Crippen molar-refractivity contribution in [1.82, 2.24) is 4.98 Å². The number of ether oxygens (including phenoxy) is 1. The molecule has 1 heterocycles. The number of hydrogen-bond acceptors (Lipinski definition) is 3. The number of nitrogens with zero attached hydrogens (tertiary/aromatic N) is 1. The number of carbonyl (C=O) groups is 1. The maximum Gasteiger partial charge on any atom is 0.198 e. The van der Waals surface area contributed by atoms with Crippen molar-refractivity contribution in [2.24, 2.45) is 0 Å². The number of rotatable bonds is 3. The third-order valence-corrected chi connectivity index (χ3v) is 3.29. The molecule has 0 spiro atoms. The lowest BCUT2D eigenvalue weighted by atomic mass is 9.97. The molecule has 0 N–H and O–H groups in total. The average Bonchev–Trinajstić information content (AvgIpc) is 2.37. The van der Waals surface area contributed by atoms with E-state index in [0.717, 1.165) is 15.6 Å². The van der Waals surface area contributed by atoms with Crippen LogP contribution in [0.4, 0.5) is 0 Å². The molecular weight excluding hydrogens is 306 g/mol. The molecule has 0 unspecified atom stereocenters. The van der Waals surface area contributed by atoms with Gasteiger partial charge in [-0.15, -0.1) is 0 Å². The fourth-order valence-corrected chi connectivity index (χ4v) is 2.43. The largest absolute Gasteiger partial charge is 0.496 e. The normalized spacial score (nSPS) is 10.3. The van der Waals surface area contributed by atoms with E-state index < -0.39 is 0 Å². The van der Waals surface area contributed by atoms with Crippen molar-refractivity contribution in [3.05, 3.63) is 57.3 Å². The van der Waals surface area contributed by atoms with Gasteiger partial charge in [0.05, 0.1) is 12.7 Å². The van der Waals surface area contributed by atoms with Crippen LogP contribution in [0.3, 0.4) is 0 Å². The van der Waals surface area contributed by atoms with Gasteiger partial charge < -0.3 is 4.74 Å². The fourth-order valence-electron chi connectivity index (χ4n) is 2.06. The summed E-state index contributed by atoms with van der Waals surface area (Å²) in [5.41, 5.74) is 3.10. The Morgan fingerprint density at radius 3 is 2.58 bits per heavy atom. The Morgan fingerprint density at radius 1 is 1.21 bits per heavy atom. The minimum atomic E-state index is -0.0804. The zero-order valence-electron chi connectivity index (χ0n) is 11.0. The molecule has 0 aliphatic carbocycles. The van der Waals surface area contributed by atoms with Crippen molar-refractivity contribution in [2.45, 2.75) is 13.8 Å². The second-order valence-corrected chi connectivity index (χ2v) is 5.30. The van der Waals surface area contributed by atoms with Gasteiger partial charge in [0.2, 0.25) is 0 Å². The van der Waals surface area contributed by atoms with E-state index in [-0.39, 0.29) is 5.78 Å². The summed E-state index contributed by atoms with van der Waals surface area (Å²) < 4.78 is 6.11. The fraction of sp³-hybridized carbons (Fsp3) is 0.200. The summed E-state index contributed by atoms with van der Waals surface area (Å²) in [6.45, 7) is 3.89. The number of methoxy groups -OCH3 is 1. The van der Waals surface area contributed by atoms with Crippen LogP contribution >= 0.6 is 15.9 Å². The molecule has 2 rings (SSSR count). The summed E-state index contributed by atoms with van der Waals surface area (Å²) >= 11 is 3.32. The summed E-state index contributed by atoms with van der Waals surface area (Å²) in [4.78, 5) is 16.6. The molecule has 1 aromatic carbocycles. The zero-order valence-corrected chi connectivity index (χ0v) is 12.6. The Morgan fingerprint density at radius 2 is 1.95 bits per heavy atom. The molecule has 0 aliphatic rings. The topological polar surface area (TPSA) is 39.2 Å². The Hall–Kier alpha value is -1.68. The average molecular weight is 320 g/mol. The molecule has 0 saturated carbocycles. The van der Waals surface area contributed by atoms with Gasteiger partial charge in [-0.3, -0.25) is 9.78 Å². The molecule has 2 aromatic rings. The van der Waals surface area contributed by atoms with E-state index in [2.05, 4.69) is 20.9 Å². The lowest BCUT2D eigenvalue weighted by molar-refractivity contribution is 0.103. The van der Waals surface area contributed by atoms with Crippen LogP contribution in [0.25, 0.3) is 0 Å². The molecular formula is C15H14BrNO2. The van der Waals surface area contributed by atoms with Crippen LogP contribution in [-0.4, -0.2) is 17.9 Å². The number of benzene rings is 1. The van der Waals surface area contributed by atoms with Crippen LogP contribution in [0.15, 0.2) is 35.1 Å². The molecule has 0 radical (unpaired) electrons. The first-order chi connectivity index (χ1) is 9.02. The minimum absolute atomic E-state index is 0.0804. The highest BCUT2D eigenvalue weighted by atomic mass is 79.9. The lowest BCUT2D eigenvalue weighted by Crippen LogP contribution is -2.07. The van der Waals surface area contributed by atoms with Crippen LogP contribution < -0.4 is 4.74 Å². The zero-order chi connectivity index (χ0) is 14.0. The monoisotopic (exact) mass is 319 g/mol. The molecule has 0 aliphatic heterocycles. The van der Waals surface area contributed by atoms with Gasteiger partial charge in [0.25, 0.3) is 0 Å². The van der Waals surface area contributed by atoms with Gasteiger partial charge in [0, 0.05) is 22.4 Å². The third-order valence-electron chi connectivity index (χ3n) is 2.86. The van der Waals surface area contributed by atoms with E-state index in [4.69, 9.17) is 4.74 Å². The first kappa shape index (κ1) is 13.7. The Bertz CT molecular complexity index is 638. The second-order valence-electron chi connectivity index (χ2n) is 4.38.